The first-order chi connectivity index (χ1) is 14.3. The lowest BCUT2D eigenvalue weighted by atomic mass is 9.91. The molecule has 30 heavy (non-hydrogen) atoms. The van der Waals surface area contributed by atoms with Gasteiger partial charge in [-0.15, -0.1) is 0 Å². The Kier molecular flexibility index (Phi) is 6.55. The first-order valence-corrected chi connectivity index (χ1v) is 10.3. The molecule has 0 unspecified atom stereocenters. The SMILES string of the molecule is CCCC(=O)Nc1ccc2c(c1)CN(C(=O)c1ccccc1C)[C@H](C(=O)N(C)C)C2. The summed E-state index contributed by atoms with van der Waals surface area (Å²) in [5.41, 5.74) is 4.18. The maximum absolute atomic E-state index is 13.4. The second-order valence-electron chi connectivity index (χ2n) is 7.98. The van der Waals surface area contributed by atoms with Crippen LogP contribution in [0.1, 0.15) is 46.8 Å². The number of aryl methyl sites for hydroxylation is 1. The van der Waals surface area contributed by atoms with E-state index in [2.05, 4.69) is 5.32 Å². The summed E-state index contributed by atoms with van der Waals surface area (Å²) in [5, 5.41) is 2.91. The van der Waals surface area contributed by atoms with E-state index in [0.29, 0.717) is 30.6 Å². The molecule has 6 heteroatoms. The summed E-state index contributed by atoms with van der Waals surface area (Å²) in [5.74, 6) is -0.274. The predicted octanol–water partition coefficient (Wildman–Crippen LogP) is 3.39. The molecule has 1 aliphatic rings. The van der Waals surface area contributed by atoms with Gasteiger partial charge < -0.3 is 15.1 Å². The van der Waals surface area contributed by atoms with Crippen LogP contribution in [-0.4, -0.2) is 47.7 Å². The van der Waals surface area contributed by atoms with Crippen LogP contribution in [0.4, 0.5) is 5.69 Å². The molecule has 0 spiro atoms. The van der Waals surface area contributed by atoms with Crippen LogP contribution >= 0.6 is 0 Å². The Bertz CT molecular complexity index is 968. The molecule has 1 aliphatic heterocycles. The van der Waals surface area contributed by atoms with Crippen molar-refractivity contribution in [3.8, 4) is 0 Å². The largest absolute Gasteiger partial charge is 0.347 e. The maximum atomic E-state index is 13.4. The summed E-state index contributed by atoms with van der Waals surface area (Å²) in [6.07, 6.45) is 1.70. The fourth-order valence-electron chi connectivity index (χ4n) is 3.81. The minimum atomic E-state index is -0.555. The third-order valence-corrected chi connectivity index (χ3v) is 5.46. The molecule has 1 heterocycles. The van der Waals surface area contributed by atoms with Crippen molar-refractivity contribution >= 4 is 23.4 Å². The molecule has 1 N–H and O–H groups in total. The molecule has 0 fully saturated rings. The molecule has 0 radical (unpaired) electrons. The summed E-state index contributed by atoms with van der Waals surface area (Å²) in [6.45, 7) is 4.18. The molecular formula is C24H29N3O3. The Labute approximate surface area is 177 Å². The summed E-state index contributed by atoms with van der Waals surface area (Å²) in [4.78, 5) is 41.5. The molecule has 0 saturated heterocycles. The highest BCUT2D eigenvalue weighted by atomic mass is 16.2. The Morgan fingerprint density at radius 2 is 1.83 bits per heavy atom. The number of nitrogens with zero attached hydrogens (tertiary/aromatic N) is 2. The van der Waals surface area contributed by atoms with Crippen molar-refractivity contribution in [3.63, 3.8) is 0 Å². The molecule has 158 valence electrons. The fourth-order valence-corrected chi connectivity index (χ4v) is 3.81. The molecule has 1 atom stereocenters. The smallest absolute Gasteiger partial charge is 0.255 e. The highest BCUT2D eigenvalue weighted by molar-refractivity contribution is 5.99. The van der Waals surface area contributed by atoms with Crippen molar-refractivity contribution in [1.29, 1.82) is 0 Å². The summed E-state index contributed by atoms with van der Waals surface area (Å²) in [6, 6.07) is 12.6. The van der Waals surface area contributed by atoms with Crippen molar-refractivity contribution in [1.82, 2.24) is 9.80 Å². The van der Waals surface area contributed by atoms with Gasteiger partial charge in [-0.3, -0.25) is 14.4 Å². The van der Waals surface area contributed by atoms with Gasteiger partial charge in [-0.25, -0.2) is 0 Å². The van der Waals surface area contributed by atoms with E-state index >= 15 is 0 Å². The van der Waals surface area contributed by atoms with E-state index in [0.717, 1.165) is 23.1 Å². The summed E-state index contributed by atoms with van der Waals surface area (Å²) >= 11 is 0. The molecule has 2 aromatic rings. The van der Waals surface area contributed by atoms with Crippen molar-refractivity contribution in [3.05, 3.63) is 64.7 Å². The number of anilines is 1. The molecule has 3 amide bonds. The molecule has 0 aliphatic carbocycles. The molecule has 3 rings (SSSR count). The van der Waals surface area contributed by atoms with Gasteiger partial charge in [0.1, 0.15) is 6.04 Å². The number of amides is 3. The molecule has 0 bridgehead atoms. The first-order valence-electron chi connectivity index (χ1n) is 10.3. The maximum Gasteiger partial charge on any atom is 0.255 e. The van der Waals surface area contributed by atoms with Gasteiger partial charge in [0.2, 0.25) is 11.8 Å². The molecule has 6 nitrogen and oxygen atoms in total. The van der Waals surface area contributed by atoms with Gasteiger partial charge in [0.25, 0.3) is 5.91 Å². The van der Waals surface area contributed by atoms with Gasteiger partial charge in [-0.1, -0.05) is 31.2 Å². The van der Waals surface area contributed by atoms with Crippen LogP contribution in [0.15, 0.2) is 42.5 Å². The first kappa shape index (κ1) is 21.6. The second-order valence-corrected chi connectivity index (χ2v) is 7.98. The van der Waals surface area contributed by atoms with Crippen LogP contribution < -0.4 is 5.32 Å². The monoisotopic (exact) mass is 407 g/mol. The lowest BCUT2D eigenvalue weighted by molar-refractivity contribution is -0.134. The number of carbonyl (C=O) groups is 3. The average molecular weight is 408 g/mol. The highest BCUT2D eigenvalue weighted by Gasteiger charge is 2.36. The van der Waals surface area contributed by atoms with E-state index in [1.54, 1.807) is 25.1 Å². The normalized spacial score (nSPS) is 15.3. The lowest BCUT2D eigenvalue weighted by Crippen LogP contribution is -2.52. The predicted molar refractivity (Wildman–Crippen MR) is 117 cm³/mol. The Morgan fingerprint density at radius 1 is 1.10 bits per heavy atom. The van der Waals surface area contributed by atoms with Gasteiger partial charge in [0.05, 0.1) is 0 Å². The van der Waals surface area contributed by atoms with Crippen molar-refractivity contribution in [2.75, 3.05) is 19.4 Å². The zero-order valence-electron chi connectivity index (χ0n) is 18.1. The van der Waals surface area contributed by atoms with Gasteiger partial charge in [0, 0.05) is 44.7 Å². The topological polar surface area (TPSA) is 69.7 Å². The van der Waals surface area contributed by atoms with Crippen molar-refractivity contribution in [2.45, 2.75) is 45.7 Å². The average Bonchev–Trinajstić information content (AvgIpc) is 2.72. The minimum Gasteiger partial charge on any atom is -0.347 e. The van der Waals surface area contributed by atoms with Crippen molar-refractivity contribution < 1.29 is 14.4 Å². The molecule has 0 aromatic heterocycles. The van der Waals surface area contributed by atoms with Crippen LogP contribution in [0.5, 0.6) is 0 Å². The lowest BCUT2D eigenvalue weighted by Gasteiger charge is -2.37. The van der Waals surface area contributed by atoms with E-state index in [1.807, 2.05) is 50.2 Å². The summed E-state index contributed by atoms with van der Waals surface area (Å²) < 4.78 is 0. The molecule has 2 aromatic carbocycles. The van der Waals surface area contributed by atoms with Crippen molar-refractivity contribution in [2.24, 2.45) is 0 Å². The third kappa shape index (κ3) is 4.53. The zero-order chi connectivity index (χ0) is 21.8. The Balaban J connectivity index is 1.95. The Hall–Kier alpha value is -3.15. The van der Waals surface area contributed by atoms with E-state index in [-0.39, 0.29) is 17.7 Å². The van der Waals surface area contributed by atoms with E-state index in [4.69, 9.17) is 0 Å². The van der Waals surface area contributed by atoms with Crippen LogP contribution in [-0.2, 0) is 22.6 Å². The number of hydrogen-bond acceptors (Lipinski definition) is 3. The fraction of sp³-hybridized carbons (Fsp3) is 0.375. The number of hydrogen-bond donors (Lipinski definition) is 1. The van der Waals surface area contributed by atoms with Gasteiger partial charge >= 0.3 is 0 Å². The number of nitrogens with one attached hydrogen (secondary N) is 1. The van der Waals surface area contributed by atoms with Crippen LogP contribution in [0.2, 0.25) is 0 Å². The number of likely N-dealkylation sites (N-methyl/N-ethyl adjacent to an activating group) is 1. The summed E-state index contributed by atoms with van der Waals surface area (Å²) in [7, 11) is 3.42. The van der Waals surface area contributed by atoms with Gasteiger partial charge in [-0.2, -0.15) is 0 Å². The quantitative estimate of drug-likeness (QED) is 0.826. The molecule has 0 saturated carbocycles. The second kappa shape index (κ2) is 9.11. The van der Waals surface area contributed by atoms with Crippen LogP contribution in [0, 0.1) is 6.92 Å². The third-order valence-electron chi connectivity index (χ3n) is 5.46. The van der Waals surface area contributed by atoms with E-state index < -0.39 is 6.04 Å². The van der Waals surface area contributed by atoms with Crippen LogP contribution in [0.3, 0.4) is 0 Å². The zero-order valence-corrected chi connectivity index (χ0v) is 18.1. The highest BCUT2D eigenvalue weighted by Crippen LogP contribution is 2.29. The molecular weight excluding hydrogens is 378 g/mol. The van der Waals surface area contributed by atoms with E-state index in [1.165, 1.54) is 4.90 Å². The van der Waals surface area contributed by atoms with Crippen LogP contribution in [0.25, 0.3) is 0 Å². The van der Waals surface area contributed by atoms with E-state index in [9.17, 15) is 14.4 Å². The van der Waals surface area contributed by atoms with Gasteiger partial charge in [-0.05, 0) is 48.2 Å². The number of fused-ring (bicyclic) bond motifs is 1. The number of rotatable bonds is 5. The number of carbonyl (C=O) groups excluding carboxylic acids is 3. The Morgan fingerprint density at radius 3 is 2.50 bits per heavy atom. The minimum absolute atomic E-state index is 0.0261. The standard InChI is InChI=1S/C24H29N3O3/c1-5-8-22(28)25-19-12-11-17-14-21(24(30)26(3)4)27(15-18(17)13-19)23(29)20-10-7-6-9-16(20)2/h6-7,9-13,21H,5,8,14-15H2,1-4H3,(H,25,28)/t21-/m0/s1. The number of benzene rings is 2. The van der Waals surface area contributed by atoms with Gasteiger partial charge in [0.15, 0.2) is 0 Å².